The molecule has 0 amide bonds. The molecule has 1 aromatic carbocycles. The van der Waals surface area contributed by atoms with Crippen LogP contribution in [-0.4, -0.2) is 7.11 Å². The molecule has 3 nitrogen and oxygen atoms in total. The molecule has 1 aromatic rings. The van der Waals surface area contributed by atoms with Gasteiger partial charge in [-0.25, -0.2) is 0 Å². The Morgan fingerprint density at radius 1 is 1.30 bits per heavy atom. The van der Waals surface area contributed by atoms with Gasteiger partial charge in [0.2, 0.25) is 0 Å². The first-order valence-corrected chi connectivity index (χ1v) is 2.89. The van der Waals surface area contributed by atoms with Crippen molar-refractivity contribution in [2.45, 2.75) is 0 Å². The SMILES string of the molecule is COc1ccc(N[O-])cc1. The van der Waals surface area contributed by atoms with Gasteiger partial charge in [-0.15, -0.1) is 0 Å². The van der Waals surface area contributed by atoms with Crippen LogP contribution in [0.2, 0.25) is 0 Å². The summed E-state index contributed by atoms with van der Waals surface area (Å²) in [6.45, 7) is 0. The van der Waals surface area contributed by atoms with Crippen LogP contribution >= 0.6 is 0 Å². The third-order valence-corrected chi connectivity index (χ3v) is 1.21. The number of hydrogen-bond donors (Lipinski definition) is 1. The van der Waals surface area contributed by atoms with E-state index in [2.05, 4.69) is 0 Å². The van der Waals surface area contributed by atoms with Crippen LogP contribution in [0.15, 0.2) is 24.3 Å². The highest BCUT2D eigenvalue weighted by molar-refractivity contribution is 5.46. The van der Waals surface area contributed by atoms with Crippen molar-refractivity contribution >= 4 is 5.69 Å². The molecular formula is C7H8NO2-. The lowest BCUT2D eigenvalue weighted by molar-refractivity contribution is 0.415. The fourth-order valence-corrected chi connectivity index (χ4v) is 0.659. The molecule has 0 heterocycles. The second-order valence-electron chi connectivity index (χ2n) is 1.83. The van der Waals surface area contributed by atoms with E-state index >= 15 is 0 Å². The highest BCUT2D eigenvalue weighted by Crippen LogP contribution is 2.13. The lowest BCUT2D eigenvalue weighted by Crippen LogP contribution is -1.85. The second-order valence-corrected chi connectivity index (χ2v) is 1.83. The predicted octanol–water partition coefficient (Wildman–Crippen LogP) is 1.60. The molecule has 0 spiro atoms. The summed E-state index contributed by atoms with van der Waals surface area (Å²) in [5.74, 6) is 0.749. The van der Waals surface area contributed by atoms with Gasteiger partial charge in [-0.2, -0.15) is 0 Å². The van der Waals surface area contributed by atoms with Crippen LogP contribution in [0, 0.1) is 5.21 Å². The summed E-state index contributed by atoms with van der Waals surface area (Å²) < 4.78 is 4.88. The van der Waals surface area contributed by atoms with Crippen LogP contribution in [0.5, 0.6) is 5.75 Å². The molecule has 1 N–H and O–H groups in total. The maximum absolute atomic E-state index is 10.0. The van der Waals surface area contributed by atoms with Gasteiger partial charge in [0.25, 0.3) is 0 Å². The minimum Gasteiger partial charge on any atom is -0.761 e. The standard InChI is InChI=1S/C7H8NO2/c1-10-7-4-2-6(8-9)3-5-7/h2-5,8H,1H3/q-1. The highest BCUT2D eigenvalue weighted by Gasteiger charge is 1.87. The summed E-state index contributed by atoms with van der Waals surface area (Å²) in [6, 6.07) is 6.76. The van der Waals surface area contributed by atoms with Crippen molar-refractivity contribution in [3.63, 3.8) is 0 Å². The highest BCUT2D eigenvalue weighted by atomic mass is 16.5. The van der Waals surface area contributed by atoms with Gasteiger partial charge in [0.15, 0.2) is 0 Å². The fourth-order valence-electron chi connectivity index (χ4n) is 0.659. The van der Waals surface area contributed by atoms with Crippen molar-refractivity contribution in [1.82, 2.24) is 0 Å². The van der Waals surface area contributed by atoms with E-state index in [1.54, 1.807) is 36.9 Å². The molecule has 0 fully saturated rings. The number of nitrogens with one attached hydrogen (secondary N) is 1. The van der Waals surface area contributed by atoms with Crippen molar-refractivity contribution in [2.24, 2.45) is 0 Å². The molecule has 54 valence electrons. The van der Waals surface area contributed by atoms with Gasteiger partial charge in [-0.3, -0.25) is 0 Å². The van der Waals surface area contributed by atoms with E-state index in [1.807, 2.05) is 0 Å². The van der Waals surface area contributed by atoms with Crippen molar-refractivity contribution in [2.75, 3.05) is 12.6 Å². The van der Waals surface area contributed by atoms with Gasteiger partial charge in [0.1, 0.15) is 5.75 Å². The van der Waals surface area contributed by atoms with Crippen molar-refractivity contribution in [3.8, 4) is 5.75 Å². The lowest BCUT2D eigenvalue weighted by atomic mass is 10.3. The van der Waals surface area contributed by atoms with Gasteiger partial charge < -0.3 is 15.4 Å². The first-order valence-electron chi connectivity index (χ1n) is 2.89. The summed E-state index contributed by atoms with van der Waals surface area (Å²) in [4.78, 5) is 0. The quantitative estimate of drug-likeness (QED) is 0.631. The zero-order valence-corrected chi connectivity index (χ0v) is 5.63. The van der Waals surface area contributed by atoms with E-state index in [1.165, 1.54) is 0 Å². The molecule has 1 rings (SSSR count). The fraction of sp³-hybridized carbons (Fsp3) is 0.143. The maximum Gasteiger partial charge on any atom is 0.119 e. The third-order valence-electron chi connectivity index (χ3n) is 1.21. The largest absolute Gasteiger partial charge is 0.761 e. The van der Waals surface area contributed by atoms with Crippen molar-refractivity contribution < 1.29 is 4.74 Å². The van der Waals surface area contributed by atoms with E-state index in [4.69, 9.17) is 4.74 Å². The van der Waals surface area contributed by atoms with Crippen molar-refractivity contribution in [3.05, 3.63) is 29.5 Å². The zero-order chi connectivity index (χ0) is 7.40. The maximum atomic E-state index is 10.0. The molecule has 0 aliphatic carbocycles. The molecule has 0 aliphatic rings. The molecule has 0 aliphatic heterocycles. The minimum absolute atomic E-state index is 0.542. The topological polar surface area (TPSA) is 44.3 Å². The molecule has 0 bridgehead atoms. The number of ether oxygens (including phenoxy) is 1. The summed E-state index contributed by atoms with van der Waals surface area (Å²) in [5, 5.41) is 10.0. The van der Waals surface area contributed by atoms with Gasteiger partial charge in [0.05, 0.1) is 7.11 Å². The van der Waals surface area contributed by atoms with Gasteiger partial charge in [-0.1, -0.05) is 0 Å². The molecule has 0 radical (unpaired) electrons. The average Bonchev–Trinajstić information content (AvgIpc) is 2.05. The van der Waals surface area contributed by atoms with E-state index < -0.39 is 0 Å². The molecule has 0 atom stereocenters. The Morgan fingerprint density at radius 2 is 1.90 bits per heavy atom. The average molecular weight is 138 g/mol. The zero-order valence-electron chi connectivity index (χ0n) is 5.63. The Balaban J connectivity index is 2.80. The Bertz CT molecular complexity index is 172. The first-order chi connectivity index (χ1) is 4.86. The number of benzene rings is 1. The van der Waals surface area contributed by atoms with E-state index in [9.17, 15) is 5.21 Å². The smallest absolute Gasteiger partial charge is 0.119 e. The summed E-state index contributed by atoms with van der Waals surface area (Å²) >= 11 is 0. The van der Waals surface area contributed by atoms with Gasteiger partial charge >= 0.3 is 0 Å². The number of rotatable bonds is 2. The van der Waals surface area contributed by atoms with Crippen LogP contribution in [0.25, 0.3) is 0 Å². The summed E-state index contributed by atoms with van der Waals surface area (Å²) in [6.07, 6.45) is 0. The molecule has 10 heavy (non-hydrogen) atoms. The monoisotopic (exact) mass is 138 g/mol. The second kappa shape index (κ2) is 3.08. The summed E-state index contributed by atoms with van der Waals surface area (Å²) in [5.41, 5.74) is 2.32. The third kappa shape index (κ3) is 1.39. The lowest BCUT2D eigenvalue weighted by Gasteiger charge is -2.08. The van der Waals surface area contributed by atoms with E-state index in [0.717, 1.165) is 5.75 Å². The van der Waals surface area contributed by atoms with Gasteiger partial charge in [-0.05, 0) is 24.3 Å². The Kier molecular flexibility index (Phi) is 2.12. The molecule has 0 unspecified atom stereocenters. The first kappa shape index (κ1) is 6.89. The van der Waals surface area contributed by atoms with Crippen LogP contribution in [0.4, 0.5) is 5.69 Å². The Hall–Kier alpha value is -1.22. The Morgan fingerprint density at radius 3 is 2.30 bits per heavy atom. The molecule has 3 heteroatoms. The minimum atomic E-state index is 0.542. The van der Waals surface area contributed by atoms with Crippen LogP contribution in [0.1, 0.15) is 0 Å². The number of methoxy groups -OCH3 is 1. The molecule has 0 saturated carbocycles. The van der Waals surface area contributed by atoms with Gasteiger partial charge in [0, 0.05) is 5.69 Å². The van der Waals surface area contributed by atoms with E-state index in [0.29, 0.717) is 5.69 Å². The molecular weight excluding hydrogens is 130 g/mol. The molecule has 0 saturated heterocycles. The molecule has 0 aromatic heterocycles. The number of hydrogen-bond acceptors (Lipinski definition) is 3. The van der Waals surface area contributed by atoms with E-state index in [-0.39, 0.29) is 0 Å². The Labute approximate surface area is 59.2 Å². The summed E-state index contributed by atoms with van der Waals surface area (Å²) in [7, 11) is 1.58. The normalized spacial score (nSPS) is 9.00. The number of anilines is 1. The van der Waals surface area contributed by atoms with Crippen LogP contribution in [-0.2, 0) is 0 Å². The predicted molar refractivity (Wildman–Crippen MR) is 40.0 cm³/mol. The van der Waals surface area contributed by atoms with Crippen molar-refractivity contribution in [1.29, 1.82) is 0 Å². The van der Waals surface area contributed by atoms with Crippen LogP contribution < -0.4 is 10.2 Å². The van der Waals surface area contributed by atoms with Crippen LogP contribution in [0.3, 0.4) is 0 Å².